The number of methoxy groups -OCH3 is 1. The molecule has 0 saturated carbocycles. The van der Waals surface area contributed by atoms with E-state index in [1.165, 1.54) is 13.2 Å². The van der Waals surface area contributed by atoms with Gasteiger partial charge in [-0.25, -0.2) is 4.39 Å². The maximum absolute atomic E-state index is 13.8. The summed E-state index contributed by atoms with van der Waals surface area (Å²) < 4.78 is 24.9. The van der Waals surface area contributed by atoms with Crippen LogP contribution >= 0.6 is 34.8 Å². The van der Waals surface area contributed by atoms with Gasteiger partial charge in [-0.05, 0) is 42.0 Å². The lowest BCUT2D eigenvalue weighted by Gasteiger charge is -2.15. The van der Waals surface area contributed by atoms with Crippen LogP contribution in [0.25, 0.3) is 0 Å². The molecule has 3 nitrogen and oxygen atoms in total. The van der Waals surface area contributed by atoms with Crippen LogP contribution in [0.2, 0.25) is 15.1 Å². The smallest absolute Gasteiger partial charge is 0.180 e. The molecule has 0 atom stereocenters. The lowest BCUT2D eigenvalue weighted by atomic mass is 10.2. The van der Waals surface area contributed by atoms with Gasteiger partial charge in [-0.1, -0.05) is 53.0 Å². The molecule has 0 aliphatic rings. The first kappa shape index (κ1) is 20.6. The molecule has 0 saturated heterocycles. The van der Waals surface area contributed by atoms with Crippen LogP contribution in [0.4, 0.5) is 10.1 Å². The standard InChI is InChI=1S/C21H17Cl3FNO2/c1-27-20-9-13(11-26-19-10-15(22)6-7-16(19)23)8-17(24)21(20)28-12-14-4-2-3-5-18(14)25/h2-10,26H,11-12H2,1H3. The Labute approximate surface area is 177 Å². The average molecular weight is 441 g/mol. The highest BCUT2D eigenvalue weighted by Gasteiger charge is 2.14. The van der Waals surface area contributed by atoms with Crippen LogP contribution in [0, 0.1) is 5.82 Å². The number of hydrogen-bond donors (Lipinski definition) is 1. The topological polar surface area (TPSA) is 30.5 Å². The minimum absolute atomic E-state index is 0.0402. The summed E-state index contributed by atoms with van der Waals surface area (Å²) in [5.41, 5.74) is 2.00. The van der Waals surface area contributed by atoms with E-state index in [1.807, 2.05) is 0 Å². The molecule has 1 N–H and O–H groups in total. The normalized spacial score (nSPS) is 10.6. The molecular weight excluding hydrogens is 424 g/mol. The second-order valence-corrected chi connectivity index (χ2v) is 7.22. The van der Waals surface area contributed by atoms with Crippen molar-refractivity contribution >= 4 is 40.5 Å². The van der Waals surface area contributed by atoms with Gasteiger partial charge < -0.3 is 14.8 Å². The van der Waals surface area contributed by atoms with E-state index in [0.717, 1.165) is 5.56 Å². The van der Waals surface area contributed by atoms with Crippen molar-refractivity contribution in [2.45, 2.75) is 13.2 Å². The molecule has 0 fully saturated rings. The Balaban J connectivity index is 1.75. The molecule has 0 unspecified atom stereocenters. The molecule has 0 heterocycles. The minimum Gasteiger partial charge on any atom is -0.493 e. The highest BCUT2D eigenvalue weighted by molar-refractivity contribution is 6.35. The summed E-state index contributed by atoms with van der Waals surface area (Å²) in [5.74, 6) is 0.478. The maximum Gasteiger partial charge on any atom is 0.180 e. The SMILES string of the molecule is COc1cc(CNc2cc(Cl)ccc2Cl)cc(Cl)c1OCc1ccccc1F. The van der Waals surface area contributed by atoms with Gasteiger partial charge in [-0.2, -0.15) is 0 Å². The molecule has 0 aliphatic heterocycles. The molecule has 0 amide bonds. The highest BCUT2D eigenvalue weighted by Crippen LogP contribution is 2.37. The quantitative estimate of drug-likeness (QED) is 0.429. The fourth-order valence-electron chi connectivity index (χ4n) is 2.61. The molecule has 3 aromatic rings. The lowest BCUT2D eigenvalue weighted by Crippen LogP contribution is -2.03. The Morgan fingerprint density at radius 2 is 1.75 bits per heavy atom. The van der Waals surface area contributed by atoms with Gasteiger partial charge >= 0.3 is 0 Å². The number of anilines is 1. The van der Waals surface area contributed by atoms with Crippen LogP contribution in [-0.2, 0) is 13.2 Å². The van der Waals surface area contributed by atoms with Crippen molar-refractivity contribution in [1.29, 1.82) is 0 Å². The summed E-state index contributed by atoms with van der Waals surface area (Å²) in [4.78, 5) is 0. The first-order chi connectivity index (χ1) is 13.5. The monoisotopic (exact) mass is 439 g/mol. The fraction of sp³-hybridized carbons (Fsp3) is 0.143. The lowest BCUT2D eigenvalue weighted by molar-refractivity contribution is 0.280. The zero-order valence-corrected chi connectivity index (χ0v) is 17.2. The Morgan fingerprint density at radius 1 is 0.964 bits per heavy atom. The van der Waals surface area contributed by atoms with Gasteiger partial charge in [0.2, 0.25) is 0 Å². The van der Waals surface area contributed by atoms with Crippen molar-refractivity contribution in [3.05, 3.63) is 86.6 Å². The van der Waals surface area contributed by atoms with E-state index in [-0.39, 0.29) is 12.4 Å². The highest BCUT2D eigenvalue weighted by atomic mass is 35.5. The third kappa shape index (κ3) is 5.02. The Kier molecular flexibility index (Phi) is 6.89. The van der Waals surface area contributed by atoms with Crippen molar-refractivity contribution < 1.29 is 13.9 Å². The summed E-state index contributed by atoms with van der Waals surface area (Å²) >= 11 is 18.6. The second-order valence-electron chi connectivity index (χ2n) is 5.97. The van der Waals surface area contributed by atoms with Gasteiger partial charge in [0.25, 0.3) is 0 Å². The van der Waals surface area contributed by atoms with E-state index in [9.17, 15) is 4.39 Å². The van der Waals surface area contributed by atoms with E-state index >= 15 is 0 Å². The zero-order chi connectivity index (χ0) is 20.1. The van der Waals surface area contributed by atoms with Crippen LogP contribution < -0.4 is 14.8 Å². The van der Waals surface area contributed by atoms with E-state index in [1.54, 1.807) is 48.5 Å². The van der Waals surface area contributed by atoms with Crippen LogP contribution in [0.1, 0.15) is 11.1 Å². The third-order valence-electron chi connectivity index (χ3n) is 4.03. The van der Waals surface area contributed by atoms with Crippen LogP contribution in [0.5, 0.6) is 11.5 Å². The molecule has 3 rings (SSSR count). The summed E-state index contributed by atoms with van der Waals surface area (Å²) in [6, 6.07) is 15.2. The van der Waals surface area contributed by atoms with E-state index in [4.69, 9.17) is 44.3 Å². The summed E-state index contributed by atoms with van der Waals surface area (Å²) in [7, 11) is 1.52. The Hall–Kier alpha value is -2.14. The Bertz CT molecular complexity index is 982. The van der Waals surface area contributed by atoms with E-state index < -0.39 is 0 Å². The number of ether oxygens (including phenoxy) is 2. The van der Waals surface area contributed by atoms with Crippen LogP contribution in [-0.4, -0.2) is 7.11 Å². The number of rotatable bonds is 7. The van der Waals surface area contributed by atoms with Gasteiger partial charge in [0.05, 0.1) is 22.8 Å². The predicted molar refractivity (Wildman–Crippen MR) is 113 cm³/mol. The largest absolute Gasteiger partial charge is 0.493 e. The van der Waals surface area contributed by atoms with Crippen LogP contribution in [0.15, 0.2) is 54.6 Å². The molecular formula is C21H17Cl3FNO2. The average Bonchev–Trinajstić information content (AvgIpc) is 2.68. The molecule has 7 heteroatoms. The number of nitrogens with one attached hydrogen (secondary N) is 1. The molecule has 0 radical (unpaired) electrons. The number of halogens is 4. The van der Waals surface area contributed by atoms with Crippen LogP contribution in [0.3, 0.4) is 0 Å². The van der Waals surface area contributed by atoms with Crippen molar-refractivity contribution in [3.63, 3.8) is 0 Å². The van der Waals surface area contributed by atoms with E-state index in [0.29, 0.717) is 44.4 Å². The van der Waals surface area contributed by atoms with Crippen molar-refractivity contribution in [3.8, 4) is 11.5 Å². The van der Waals surface area contributed by atoms with Crippen molar-refractivity contribution in [2.75, 3.05) is 12.4 Å². The van der Waals surface area contributed by atoms with Gasteiger partial charge in [-0.3, -0.25) is 0 Å². The first-order valence-corrected chi connectivity index (χ1v) is 9.53. The first-order valence-electron chi connectivity index (χ1n) is 8.39. The molecule has 3 aromatic carbocycles. The molecule has 0 aromatic heterocycles. The maximum atomic E-state index is 13.8. The molecule has 0 bridgehead atoms. The van der Waals surface area contributed by atoms with Gasteiger partial charge in [0, 0.05) is 17.1 Å². The zero-order valence-electron chi connectivity index (χ0n) is 14.9. The van der Waals surface area contributed by atoms with Gasteiger partial charge in [-0.15, -0.1) is 0 Å². The predicted octanol–water partition coefficient (Wildman–Crippen LogP) is 6.99. The molecule has 0 spiro atoms. The van der Waals surface area contributed by atoms with Gasteiger partial charge in [0.15, 0.2) is 11.5 Å². The minimum atomic E-state index is -0.336. The number of hydrogen-bond acceptors (Lipinski definition) is 3. The van der Waals surface area contributed by atoms with Crippen molar-refractivity contribution in [1.82, 2.24) is 0 Å². The van der Waals surface area contributed by atoms with Crippen molar-refractivity contribution in [2.24, 2.45) is 0 Å². The summed E-state index contributed by atoms with van der Waals surface area (Å²) in [6.45, 7) is 0.488. The summed E-state index contributed by atoms with van der Waals surface area (Å²) in [5, 5.41) is 4.72. The molecule has 146 valence electrons. The number of benzene rings is 3. The van der Waals surface area contributed by atoms with E-state index in [2.05, 4.69) is 5.32 Å². The Morgan fingerprint density at radius 3 is 2.50 bits per heavy atom. The fourth-order valence-corrected chi connectivity index (χ4v) is 3.26. The third-order valence-corrected chi connectivity index (χ3v) is 4.88. The molecule has 0 aliphatic carbocycles. The second kappa shape index (κ2) is 9.37. The summed E-state index contributed by atoms with van der Waals surface area (Å²) in [6.07, 6.45) is 0. The van der Waals surface area contributed by atoms with Gasteiger partial charge in [0.1, 0.15) is 12.4 Å². The molecule has 28 heavy (non-hydrogen) atoms.